The lowest BCUT2D eigenvalue weighted by molar-refractivity contribution is -0.134. The molecule has 2 aliphatic heterocycles. The number of hydrogen-bond donors (Lipinski definition) is 3. The number of halogens is 1. The van der Waals surface area contributed by atoms with Crippen molar-refractivity contribution in [2.45, 2.75) is 43.3 Å². The van der Waals surface area contributed by atoms with Crippen molar-refractivity contribution in [3.05, 3.63) is 57.9 Å². The van der Waals surface area contributed by atoms with Crippen LogP contribution in [0.15, 0.2) is 50.3 Å². The second-order valence-electron chi connectivity index (χ2n) is 10.2. The molecule has 0 radical (unpaired) electrons. The van der Waals surface area contributed by atoms with E-state index in [4.69, 9.17) is 0 Å². The zero-order chi connectivity index (χ0) is 27.0. The first-order valence-electron chi connectivity index (χ1n) is 12.1. The van der Waals surface area contributed by atoms with Gasteiger partial charge in [0.05, 0.1) is 6.26 Å². The highest BCUT2D eigenvalue weighted by molar-refractivity contribution is 7.91. The van der Waals surface area contributed by atoms with Gasteiger partial charge in [0, 0.05) is 30.6 Å². The Labute approximate surface area is 223 Å². The van der Waals surface area contributed by atoms with E-state index in [2.05, 4.69) is 14.4 Å². The van der Waals surface area contributed by atoms with Gasteiger partial charge in [-0.15, -0.1) is 15.7 Å². The molecule has 2 bridgehead atoms. The van der Waals surface area contributed by atoms with Gasteiger partial charge in [0.2, 0.25) is 10.0 Å². The van der Waals surface area contributed by atoms with E-state index in [0.29, 0.717) is 0 Å². The molecule has 1 amide bonds. The minimum atomic E-state index is -4.31. The van der Waals surface area contributed by atoms with Crippen LogP contribution in [0.25, 0.3) is 0 Å². The maximum Gasteiger partial charge on any atom is 0.287 e. The minimum Gasteiger partial charge on any atom is -0.511 e. The molecular formula is C24H25FN4O6S3. The van der Waals surface area contributed by atoms with Crippen molar-refractivity contribution in [3.63, 3.8) is 0 Å². The summed E-state index contributed by atoms with van der Waals surface area (Å²) in [6.45, 7) is -0.0482. The van der Waals surface area contributed by atoms with Crippen molar-refractivity contribution in [1.82, 2.24) is 9.62 Å². The van der Waals surface area contributed by atoms with Crippen molar-refractivity contribution in [3.8, 4) is 0 Å². The third kappa shape index (κ3) is 4.23. The van der Waals surface area contributed by atoms with Gasteiger partial charge in [-0.2, -0.15) is 8.42 Å². The number of benzene rings is 1. The summed E-state index contributed by atoms with van der Waals surface area (Å²) in [5, 5.41) is 16.0. The average molecular weight is 581 g/mol. The van der Waals surface area contributed by atoms with Crippen LogP contribution in [-0.2, 0) is 37.9 Å². The van der Waals surface area contributed by atoms with Gasteiger partial charge in [-0.3, -0.25) is 4.79 Å². The molecule has 0 saturated heterocycles. The Balaban J connectivity index is 1.39. The molecule has 4 aliphatic rings. The molecule has 14 heteroatoms. The number of aliphatic hydroxyl groups excluding tert-OH is 1. The summed E-state index contributed by atoms with van der Waals surface area (Å²) in [5.41, 5.74) is 0.765. The van der Waals surface area contributed by atoms with Gasteiger partial charge in [0.15, 0.2) is 5.84 Å². The molecule has 10 nitrogen and oxygen atoms in total. The Bertz CT molecular complexity index is 1610. The number of carbonyl (C=O) groups is 1. The van der Waals surface area contributed by atoms with E-state index in [0.717, 1.165) is 42.4 Å². The van der Waals surface area contributed by atoms with Crippen LogP contribution in [0.4, 0.5) is 9.39 Å². The first kappa shape index (κ1) is 25.5. The van der Waals surface area contributed by atoms with E-state index in [1.807, 2.05) is 0 Å². The number of rotatable bonds is 6. The van der Waals surface area contributed by atoms with Crippen molar-refractivity contribution in [1.29, 1.82) is 0 Å². The highest BCUT2D eigenvalue weighted by Crippen LogP contribution is 2.55. The van der Waals surface area contributed by atoms with Gasteiger partial charge in [0.1, 0.15) is 27.0 Å². The Morgan fingerprint density at radius 1 is 1.24 bits per heavy atom. The third-order valence-electron chi connectivity index (χ3n) is 7.83. The van der Waals surface area contributed by atoms with Gasteiger partial charge in [-0.1, -0.05) is 12.1 Å². The smallest absolute Gasteiger partial charge is 0.287 e. The van der Waals surface area contributed by atoms with E-state index in [9.17, 15) is 31.1 Å². The zero-order valence-corrected chi connectivity index (χ0v) is 22.7. The van der Waals surface area contributed by atoms with Gasteiger partial charge < -0.3 is 15.3 Å². The lowest BCUT2D eigenvalue weighted by atomic mass is 9.77. The number of amides is 1. The number of nitrogens with zero attached hydrogens (tertiary/aromatic N) is 2. The summed E-state index contributed by atoms with van der Waals surface area (Å²) in [5.74, 6) is -1.29. The molecule has 3 heterocycles. The zero-order valence-electron chi connectivity index (χ0n) is 20.2. The van der Waals surface area contributed by atoms with Crippen LogP contribution < -0.4 is 10.0 Å². The van der Waals surface area contributed by atoms with Crippen molar-refractivity contribution < 1.29 is 31.1 Å². The molecule has 2 aromatic rings. The predicted molar refractivity (Wildman–Crippen MR) is 139 cm³/mol. The van der Waals surface area contributed by atoms with E-state index < -0.39 is 31.8 Å². The fourth-order valence-corrected chi connectivity index (χ4v) is 9.35. The Kier molecular flexibility index (Phi) is 5.94. The van der Waals surface area contributed by atoms with Gasteiger partial charge in [0.25, 0.3) is 15.9 Å². The molecule has 2 fully saturated rings. The largest absolute Gasteiger partial charge is 0.511 e. The van der Waals surface area contributed by atoms with Crippen LogP contribution in [0, 0.1) is 23.6 Å². The normalized spacial score (nSPS) is 27.7. The number of amidine groups is 1. The number of anilines is 1. The van der Waals surface area contributed by atoms with Crippen LogP contribution >= 0.6 is 11.3 Å². The maximum atomic E-state index is 13.9. The summed E-state index contributed by atoms with van der Waals surface area (Å²) in [6.07, 6.45) is 3.69. The highest BCUT2D eigenvalue weighted by Gasteiger charge is 2.57. The van der Waals surface area contributed by atoms with E-state index in [1.54, 1.807) is 17.0 Å². The second-order valence-corrected chi connectivity index (χ2v) is 14.5. The fourth-order valence-electron chi connectivity index (χ4n) is 6.32. The molecule has 3 N–H and O–H groups in total. The third-order valence-corrected chi connectivity index (χ3v) is 11.0. The minimum absolute atomic E-state index is 0.150. The quantitative estimate of drug-likeness (QED) is 0.476. The van der Waals surface area contributed by atoms with Crippen molar-refractivity contribution in [2.75, 3.05) is 11.6 Å². The molecular weight excluding hydrogens is 555 g/mol. The van der Waals surface area contributed by atoms with Crippen LogP contribution in [0.3, 0.4) is 0 Å². The predicted octanol–water partition coefficient (Wildman–Crippen LogP) is 2.72. The SMILES string of the molecule is CS(=O)(=O)NCc1csc2c1S(=O)(=O)N=C(C1=C(O)C3C4CCC(C4)C3N(Cc3ccc(F)cc3)C1=O)N2. The number of thiophene rings is 1. The van der Waals surface area contributed by atoms with E-state index >= 15 is 0 Å². The molecule has 2 aliphatic carbocycles. The van der Waals surface area contributed by atoms with Crippen LogP contribution in [0.2, 0.25) is 0 Å². The van der Waals surface area contributed by atoms with E-state index in [1.165, 1.54) is 17.5 Å². The van der Waals surface area contributed by atoms with Gasteiger partial charge in [-0.05, 0) is 54.2 Å². The summed E-state index contributed by atoms with van der Waals surface area (Å²) < 4.78 is 69.2. The van der Waals surface area contributed by atoms with E-state index in [-0.39, 0.29) is 69.5 Å². The van der Waals surface area contributed by atoms with Gasteiger partial charge >= 0.3 is 0 Å². The Morgan fingerprint density at radius 2 is 1.95 bits per heavy atom. The lowest BCUT2D eigenvalue weighted by Gasteiger charge is -2.44. The number of aliphatic hydroxyl groups is 1. The molecule has 6 rings (SSSR count). The van der Waals surface area contributed by atoms with Crippen LogP contribution in [0.1, 0.15) is 30.4 Å². The molecule has 1 aromatic carbocycles. The molecule has 202 valence electrons. The average Bonchev–Trinajstić information content (AvgIpc) is 3.56. The number of sulfonamides is 2. The first-order chi connectivity index (χ1) is 17.9. The number of nitrogens with one attached hydrogen (secondary N) is 2. The molecule has 1 aromatic heterocycles. The van der Waals surface area contributed by atoms with Crippen molar-refractivity contribution in [2.24, 2.45) is 22.2 Å². The molecule has 2 saturated carbocycles. The molecule has 4 atom stereocenters. The summed E-state index contributed by atoms with van der Waals surface area (Å²) in [4.78, 5) is 15.4. The molecule has 4 unspecified atom stereocenters. The number of fused-ring (bicyclic) bond motifs is 6. The Hall–Kier alpha value is -2.81. The first-order valence-corrected chi connectivity index (χ1v) is 16.3. The highest BCUT2D eigenvalue weighted by atomic mass is 32.2. The lowest BCUT2D eigenvalue weighted by Crippen LogP contribution is -2.53. The van der Waals surface area contributed by atoms with Gasteiger partial charge in [-0.25, -0.2) is 17.5 Å². The number of carbonyl (C=O) groups excluding carboxylic acids is 1. The summed E-state index contributed by atoms with van der Waals surface area (Å²) in [6, 6.07) is 5.62. The molecule has 0 spiro atoms. The summed E-state index contributed by atoms with van der Waals surface area (Å²) in [7, 11) is -7.87. The van der Waals surface area contributed by atoms with Crippen LogP contribution in [0.5, 0.6) is 0 Å². The number of hydrogen-bond acceptors (Lipinski definition) is 8. The van der Waals surface area contributed by atoms with Crippen molar-refractivity contribution >= 4 is 48.1 Å². The monoisotopic (exact) mass is 580 g/mol. The molecule has 38 heavy (non-hydrogen) atoms. The standard InChI is InChI=1S/C24H25FN4O6S3/c1-37(32,33)26-9-15-11-36-23-21(15)38(34,35)28-22(27-23)18-20(30)17-13-4-5-14(8-13)19(17)29(24(18)31)10-12-2-6-16(25)7-3-12/h2-3,6-7,11,13-14,17,19,26,30H,4-5,8-10H2,1H3,(H,27,28). The fraction of sp³-hybridized carbons (Fsp3) is 0.417. The second kappa shape index (κ2) is 8.86. The maximum absolute atomic E-state index is 13.9. The summed E-state index contributed by atoms with van der Waals surface area (Å²) >= 11 is 1.04. The Morgan fingerprint density at radius 3 is 2.66 bits per heavy atom. The topological polar surface area (TPSA) is 145 Å². The van der Waals surface area contributed by atoms with Crippen LogP contribution in [-0.4, -0.2) is 50.9 Å².